The van der Waals surface area contributed by atoms with Crippen LogP contribution in [0.2, 0.25) is 0 Å². The largest absolute Gasteiger partial charge is 0.491 e. The summed E-state index contributed by atoms with van der Waals surface area (Å²) in [4.78, 5) is 13.0. The molecule has 0 amide bonds. The molecule has 0 aliphatic carbocycles. The van der Waals surface area contributed by atoms with Gasteiger partial charge >= 0.3 is 0 Å². The summed E-state index contributed by atoms with van der Waals surface area (Å²) < 4.78 is 5.89. The van der Waals surface area contributed by atoms with Crippen LogP contribution in [0.25, 0.3) is 0 Å². The highest BCUT2D eigenvalue weighted by Crippen LogP contribution is 2.25. The molecule has 0 radical (unpaired) electrons. The fraction of sp³-hybridized carbons (Fsp3) is 0.500. The molecule has 1 aliphatic heterocycles. The lowest BCUT2D eigenvalue weighted by atomic mass is 10.0. The monoisotopic (exact) mass is 356 g/mol. The van der Waals surface area contributed by atoms with Crippen LogP contribution in [-0.2, 0) is 0 Å². The Morgan fingerprint density at radius 3 is 2.42 bits per heavy atom. The minimum Gasteiger partial charge on any atom is -0.491 e. The Kier molecular flexibility index (Phi) is 6.41. The number of benzene rings is 1. The quantitative estimate of drug-likeness (QED) is 0.820. The molecule has 2 heterocycles. The molecule has 0 saturated carbocycles. The molecule has 1 fully saturated rings. The molecule has 6 heteroatoms. The third kappa shape index (κ3) is 4.93. The van der Waals surface area contributed by atoms with Crippen molar-refractivity contribution in [3.8, 4) is 5.75 Å². The van der Waals surface area contributed by atoms with Crippen LogP contribution in [0.15, 0.2) is 42.7 Å². The van der Waals surface area contributed by atoms with Gasteiger partial charge in [0.2, 0.25) is 5.95 Å². The zero-order valence-electron chi connectivity index (χ0n) is 15.6. The van der Waals surface area contributed by atoms with Crippen LogP contribution in [0.4, 0.5) is 5.95 Å². The Balaban J connectivity index is 1.44. The summed E-state index contributed by atoms with van der Waals surface area (Å²) in [6.45, 7) is 8.74. The minimum absolute atomic E-state index is 0.311. The van der Waals surface area contributed by atoms with Crippen molar-refractivity contribution in [2.24, 2.45) is 0 Å². The summed E-state index contributed by atoms with van der Waals surface area (Å²) in [6.07, 6.45) is 3.03. The maximum absolute atomic E-state index is 10.4. The van der Waals surface area contributed by atoms with Crippen molar-refractivity contribution in [2.45, 2.75) is 25.9 Å². The predicted molar refractivity (Wildman–Crippen MR) is 103 cm³/mol. The van der Waals surface area contributed by atoms with E-state index in [1.165, 1.54) is 5.56 Å². The van der Waals surface area contributed by atoms with E-state index in [-0.39, 0.29) is 0 Å². The number of hydrogen-bond donors (Lipinski definition) is 1. The van der Waals surface area contributed by atoms with Crippen LogP contribution in [-0.4, -0.2) is 65.4 Å². The molecule has 0 bridgehead atoms. The van der Waals surface area contributed by atoms with E-state index in [1.807, 2.05) is 24.3 Å². The number of aliphatic hydroxyl groups excluding tert-OH is 1. The summed E-state index contributed by atoms with van der Waals surface area (Å²) in [6, 6.07) is 9.87. The first-order valence-electron chi connectivity index (χ1n) is 9.27. The molecule has 1 saturated heterocycles. The van der Waals surface area contributed by atoms with E-state index in [4.69, 9.17) is 4.74 Å². The molecule has 140 valence electrons. The number of hydrogen-bond acceptors (Lipinski definition) is 6. The van der Waals surface area contributed by atoms with Gasteiger partial charge in [0.15, 0.2) is 0 Å². The minimum atomic E-state index is -0.505. The highest BCUT2D eigenvalue weighted by Gasteiger charge is 2.21. The van der Waals surface area contributed by atoms with E-state index in [0.29, 0.717) is 19.1 Å². The second-order valence-electron chi connectivity index (χ2n) is 6.99. The summed E-state index contributed by atoms with van der Waals surface area (Å²) in [5.74, 6) is 2.05. The first-order valence-corrected chi connectivity index (χ1v) is 9.27. The number of ether oxygens (including phenoxy) is 1. The highest BCUT2D eigenvalue weighted by atomic mass is 16.5. The molecule has 1 aromatic heterocycles. The lowest BCUT2D eigenvalue weighted by Crippen LogP contribution is -2.49. The molecule has 3 rings (SSSR count). The van der Waals surface area contributed by atoms with Crippen molar-refractivity contribution in [1.82, 2.24) is 14.9 Å². The Labute approximate surface area is 155 Å². The average Bonchev–Trinajstić information content (AvgIpc) is 2.68. The number of nitrogens with zero attached hydrogens (tertiary/aromatic N) is 4. The third-order valence-corrected chi connectivity index (χ3v) is 4.65. The number of aromatic nitrogens is 2. The Morgan fingerprint density at radius 2 is 1.73 bits per heavy atom. The highest BCUT2D eigenvalue weighted by molar-refractivity contribution is 5.35. The van der Waals surface area contributed by atoms with Gasteiger partial charge < -0.3 is 14.7 Å². The lowest BCUT2D eigenvalue weighted by Gasteiger charge is -2.35. The van der Waals surface area contributed by atoms with E-state index in [9.17, 15) is 5.11 Å². The zero-order valence-corrected chi connectivity index (χ0v) is 15.6. The van der Waals surface area contributed by atoms with Crippen molar-refractivity contribution in [3.05, 3.63) is 48.3 Å². The van der Waals surface area contributed by atoms with Gasteiger partial charge in [-0.3, -0.25) is 4.90 Å². The van der Waals surface area contributed by atoms with E-state index in [2.05, 4.69) is 39.7 Å². The van der Waals surface area contributed by atoms with Gasteiger partial charge in [0, 0.05) is 45.1 Å². The number of aliphatic hydroxyl groups is 1. The van der Waals surface area contributed by atoms with Gasteiger partial charge in [-0.1, -0.05) is 32.0 Å². The third-order valence-electron chi connectivity index (χ3n) is 4.65. The fourth-order valence-electron chi connectivity index (χ4n) is 3.21. The number of β-amino-alcohol motifs (C(OH)–C–C–N with tert-alkyl or cyclic N) is 1. The van der Waals surface area contributed by atoms with Crippen molar-refractivity contribution >= 4 is 5.95 Å². The van der Waals surface area contributed by atoms with Crippen LogP contribution in [0.5, 0.6) is 5.75 Å². The van der Waals surface area contributed by atoms with Crippen LogP contribution in [0, 0.1) is 0 Å². The standard InChI is InChI=1S/C20H28N4O2/c1-16(2)18-6-3-4-7-19(18)26-15-17(25)14-23-10-12-24(13-11-23)20-21-8-5-9-22-20/h3-9,16-17,25H,10-15H2,1-2H3. The van der Waals surface area contributed by atoms with Crippen LogP contribution < -0.4 is 9.64 Å². The molecular weight excluding hydrogens is 328 g/mol. The second-order valence-corrected chi connectivity index (χ2v) is 6.99. The van der Waals surface area contributed by atoms with E-state index < -0.39 is 6.10 Å². The first-order chi connectivity index (χ1) is 12.6. The average molecular weight is 356 g/mol. The Bertz CT molecular complexity index is 673. The molecule has 2 aromatic rings. The molecule has 1 atom stereocenters. The van der Waals surface area contributed by atoms with Crippen LogP contribution in [0.1, 0.15) is 25.3 Å². The van der Waals surface area contributed by atoms with Crippen LogP contribution in [0.3, 0.4) is 0 Å². The predicted octanol–water partition coefficient (Wildman–Crippen LogP) is 2.16. The summed E-state index contributed by atoms with van der Waals surface area (Å²) in [5.41, 5.74) is 1.18. The van der Waals surface area contributed by atoms with E-state index in [1.54, 1.807) is 12.4 Å². The van der Waals surface area contributed by atoms with Crippen LogP contribution >= 0.6 is 0 Å². The Morgan fingerprint density at radius 1 is 1.04 bits per heavy atom. The van der Waals surface area contributed by atoms with Gasteiger partial charge in [-0.2, -0.15) is 0 Å². The van der Waals surface area contributed by atoms with Crippen molar-refractivity contribution < 1.29 is 9.84 Å². The topological polar surface area (TPSA) is 61.7 Å². The number of anilines is 1. The number of piperazine rings is 1. The van der Waals surface area contributed by atoms with Crippen molar-refractivity contribution in [1.29, 1.82) is 0 Å². The second kappa shape index (κ2) is 8.96. The van der Waals surface area contributed by atoms with Crippen molar-refractivity contribution in [3.63, 3.8) is 0 Å². The van der Waals surface area contributed by atoms with Gasteiger partial charge in [-0.15, -0.1) is 0 Å². The van der Waals surface area contributed by atoms with Gasteiger partial charge in [0.25, 0.3) is 0 Å². The molecule has 1 aromatic carbocycles. The molecule has 0 spiro atoms. The SMILES string of the molecule is CC(C)c1ccccc1OCC(O)CN1CCN(c2ncccn2)CC1. The van der Waals surface area contributed by atoms with Gasteiger partial charge in [-0.05, 0) is 23.6 Å². The summed E-state index contributed by atoms with van der Waals surface area (Å²) >= 11 is 0. The van der Waals surface area contributed by atoms with Crippen molar-refractivity contribution in [2.75, 3.05) is 44.2 Å². The number of rotatable bonds is 7. The normalized spacial score (nSPS) is 16.7. The maximum Gasteiger partial charge on any atom is 0.225 e. The molecule has 1 unspecified atom stereocenters. The lowest BCUT2D eigenvalue weighted by molar-refractivity contribution is 0.0658. The smallest absolute Gasteiger partial charge is 0.225 e. The Hall–Kier alpha value is -2.18. The fourth-order valence-corrected chi connectivity index (χ4v) is 3.21. The molecule has 1 N–H and O–H groups in total. The summed E-state index contributed by atoms with van der Waals surface area (Å²) in [7, 11) is 0. The molecule has 1 aliphatic rings. The maximum atomic E-state index is 10.4. The van der Waals surface area contributed by atoms with E-state index >= 15 is 0 Å². The van der Waals surface area contributed by atoms with Gasteiger partial charge in [-0.25, -0.2) is 9.97 Å². The molecule has 26 heavy (non-hydrogen) atoms. The first kappa shape index (κ1) is 18.6. The van der Waals surface area contributed by atoms with Gasteiger partial charge in [0.05, 0.1) is 0 Å². The molecule has 6 nitrogen and oxygen atoms in total. The zero-order chi connectivity index (χ0) is 18.4. The number of para-hydroxylation sites is 1. The van der Waals surface area contributed by atoms with Gasteiger partial charge in [0.1, 0.15) is 18.5 Å². The van der Waals surface area contributed by atoms with E-state index in [0.717, 1.165) is 37.9 Å². The molecular formula is C20H28N4O2. The summed E-state index contributed by atoms with van der Waals surface area (Å²) in [5, 5.41) is 10.4.